The second-order valence-corrected chi connectivity index (χ2v) is 5.60. The third kappa shape index (κ3) is 2.49. The second-order valence-electron chi connectivity index (χ2n) is 4.74. The summed E-state index contributed by atoms with van der Waals surface area (Å²) < 4.78 is 3.01. The van der Waals surface area contributed by atoms with Crippen LogP contribution in [0.4, 0.5) is 0 Å². The molecule has 1 saturated heterocycles. The lowest BCUT2D eigenvalue weighted by Crippen LogP contribution is -2.23. The van der Waals surface area contributed by atoms with Crippen molar-refractivity contribution in [3.63, 3.8) is 0 Å². The molecule has 1 atom stereocenters. The highest BCUT2D eigenvalue weighted by Crippen LogP contribution is 2.20. The Morgan fingerprint density at radius 1 is 1.39 bits per heavy atom. The lowest BCUT2D eigenvalue weighted by molar-refractivity contribution is 0.603. The van der Waals surface area contributed by atoms with Gasteiger partial charge in [0.1, 0.15) is 0 Å². The predicted octanol–water partition coefficient (Wildman–Crippen LogP) is 2.93. The first kappa shape index (κ1) is 11.9. The zero-order valence-corrected chi connectivity index (χ0v) is 11.7. The minimum atomic E-state index is 0.627. The first-order valence-electron chi connectivity index (χ1n) is 6.35. The molecule has 4 heteroatoms. The van der Waals surface area contributed by atoms with Crippen molar-refractivity contribution in [1.29, 1.82) is 0 Å². The molecule has 18 heavy (non-hydrogen) atoms. The molecule has 1 aromatic heterocycles. The Balaban J connectivity index is 1.79. The quantitative estimate of drug-likeness (QED) is 0.945. The second kappa shape index (κ2) is 5.24. The molecular formula is C14H16BrN3. The van der Waals surface area contributed by atoms with Crippen LogP contribution in [-0.4, -0.2) is 22.4 Å². The number of aromatic nitrogens is 2. The number of nitrogens with one attached hydrogen (secondary N) is 1. The summed E-state index contributed by atoms with van der Waals surface area (Å²) in [5.41, 5.74) is 2.38. The maximum absolute atomic E-state index is 4.45. The third-order valence-corrected chi connectivity index (χ3v) is 4.05. The molecule has 2 aromatic rings. The molecule has 0 aliphatic carbocycles. The van der Waals surface area contributed by atoms with Gasteiger partial charge >= 0.3 is 0 Å². The van der Waals surface area contributed by atoms with E-state index in [1.54, 1.807) is 0 Å². The van der Waals surface area contributed by atoms with Crippen molar-refractivity contribution in [1.82, 2.24) is 15.1 Å². The molecule has 1 aliphatic heterocycles. The summed E-state index contributed by atoms with van der Waals surface area (Å²) in [5, 5.41) is 7.97. The highest BCUT2D eigenvalue weighted by atomic mass is 79.9. The number of nitrogens with zero attached hydrogens (tertiary/aromatic N) is 2. The van der Waals surface area contributed by atoms with E-state index in [1.807, 2.05) is 29.1 Å². The van der Waals surface area contributed by atoms with Gasteiger partial charge in [0.05, 0.1) is 11.9 Å². The molecule has 0 radical (unpaired) electrons. The van der Waals surface area contributed by atoms with Gasteiger partial charge in [0.2, 0.25) is 0 Å². The average molecular weight is 306 g/mol. The minimum Gasteiger partial charge on any atom is -0.314 e. The topological polar surface area (TPSA) is 29.9 Å². The van der Waals surface area contributed by atoms with Crippen LogP contribution in [0.1, 0.15) is 18.4 Å². The summed E-state index contributed by atoms with van der Waals surface area (Å²) in [7, 11) is 0. The Morgan fingerprint density at radius 3 is 3.06 bits per heavy atom. The molecule has 94 valence electrons. The van der Waals surface area contributed by atoms with E-state index in [4.69, 9.17) is 0 Å². The molecule has 0 amide bonds. The van der Waals surface area contributed by atoms with E-state index in [0.29, 0.717) is 6.04 Å². The normalized spacial score (nSPS) is 19.3. The molecule has 0 spiro atoms. The summed E-state index contributed by atoms with van der Waals surface area (Å²) in [4.78, 5) is 0. The Morgan fingerprint density at radius 2 is 2.28 bits per heavy atom. The molecule has 0 bridgehead atoms. The molecule has 3 nitrogen and oxygen atoms in total. The summed E-state index contributed by atoms with van der Waals surface area (Å²) >= 11 is 3.56. The van der Waals surface area contributed by atoms with Gasteiger partial charge in [-0.15, -0.1) is 0 Å². The predicted molar refractivity (Wildman–Crippen MR) is 76.0 cm³/mol. The number of rotatable bonds is 3. The Bertz CT molecular complexity index is 529. The maximum atomic E-state index is 4.45. The summed E-state index contributed by atoms with van der Waals surface area (Å²) in [6.45, 7) is 1.16. The van der Waals surface area contributed by atoms with E-state index >= 15 is 0 Å². The van der Waals surface area contributed by atoms with Crippen molar-refractivity contribution in [2.75, 3.05) is 6.54 Å². The van der Waals surface area contributed by atoms with E-state index in [-0.39, 0.29) is 0 Å². The van der Waals surface area contributed by atoms with Gasteiger partial charge in [-0.3, -0.25) is 0 Å². The van der Waals surface area contributed by atoms with E-state index in [1.165, 1.54) is 18.4 Å². The molecule has 1 aromatic carbocycles. The summed E-state index contributed by atoms with van der Waals surface area (Å²) in [6, 6.07) is 8.77. The van der Waals surface area contributed by atoms with Crippen molar-refractivity contribution in [3.8, 4) is 5.69 Å². The van der Waals surface area contributed by atoms with Crippen LogP contribution in [0.25, 0.3) is 5.69 Å². The van der Waals surface area contributed by atoms with Crippen LogP contribution in [-0.2, 0) is 6.42 Å². The number of hydrogen-bond donors (Lipinski definition) is 1. The smallest absolute Gasteiger partial charge is 0.0787 e. The van der Waals surface area contributed by atoms with Gasteiger partial charge in [-0.05, 0) is 59.4 Å². The van der Waals surface area contributed by atoms with Gasteiger partial charge in [0, 0.05) is 16.7 Å². The van der Waals surface area contributed by atoms with Crippen LogP contribution in [0.2, 0.25) is 0 Å². The zero-order chi connectivity index (χ0) is 12.4. The Labute approximate surface area is 115 Å². The van der Waals surface area contributed by atoms with E-state index < -0.39 is 0 Å². The fourth-order valence-corrected chi connectivity index (χ4v) is 2.92. The largest absolute Gasteiger partial charge is 0.314 e. The van der Waals surface area contributed by atoms with Gasteiger partial charge in [0.15, 0.2) is 0 Å². The van der Waals surface area contributed by atoms with Crippen molar-refractivity contribution < 1.29 is 0 Å². The van der Waals surface area contributed by atoms with Crippen LogP contribution in [0.5, 0.6) is 0 Å². The lowest BCUT2D eigenvalue weighted by Gasteiger charge is -2.07. The molecule has 3 rings (SSSR count). The first-order valence-corrected chi connectivity index (χ1v) is 7.14. The van der Waals surface area contributed by atoms with Gasteiger partial charge < -0.3 is 5.32 Å². The van der Waals surface area contributed by atoms with Crippen molar-refractivity contribution in [3.05, 3.63) is 46.7 Å². The lowest BCUT2D eigenvalue weighted by atomic mass is 10.1. The van der Waals surface area contributed by atoms with Gasteiger partial charge in [-0.2, -0.15) is 5.10 Å². The molecule has 1 fully saturated rings. The molecule has 1 unspecified atom stereocenters. The SMILES string of the molecule is Brc1ccccc1-n1cc(CC2CCCN2)cn1. The van der Waals surface area contributed by atoms with Gasteiger partial charge in [-0.25, -0.2) is 4.68 Å². The maximum Gasteiger partial charge on any atom is 0.0787 e. The van der Waals surface area contributed by atoms with Gasteiger partial charge in [-0.1, -0.05) is 12.1 Å². The minimum absolute atomic E-state index is 0.627. The molecular weight excluding hydrogens is 290 g/mol. The number of hydrogen-bond acceptors (Lipinski definition) is 2. The van der Waals surface area contributed by atoms with Crippen LogP contribution in [0.15, 0.2) is 41.1 Å². The van der Waals surface area contributed by atoms with Crippen molar-refractivity contribution in [2.45, 2.75) is 25.3 Å². The Hall–Kier alpha value is -1.13. The van der Waals surface area contributed by atoms with Crippen LogP contribution in [0.3, 0.4) is 0 Å². The van der Waals surface area contributed by atoms with Crippen molar-refractivity contribution in [2.24, 2.45) is 0 Å². The van der Waals surface area contributed by atoms with E-state index in [2.05, 4.69) is 38.6 Å². The number of halogens is 1. The monoisotopic (exact) mass is 305 g/mol. The summed E-state index contributed by atoms with van der Waals surface area (Å²) in [6.07, 6.45) is 7.74. The standard InChI is InChI=1S/C14H16BrN3/c15-13-5-1-2-6-14(13)18-10-11(9-17-18)8-12-4-3-7-16-12/h1-2,5-6,9-10,12,16H,3-4,7-8H2. The molecule has 1 N–H and O–H groups in total. The summed E-state index contributed by atoms with van der Waals surface area (Å²) in [5.74, 6) is 0. The van der Waals surface area contributed by atoms with E-state index in [9.17, 15) is 0 Å². The molecule has 0 saturated carbocycles. The van der Waals surface area contributed by atoms with Crippen LogP contribution >= 0.6 is 15.9 Å². The van der Waals surface area contributed by atoms with Crippen molar-refractivity contribution >= 4 is 15.9 Å². The van der Waals surface area contributed by atoms with E-state index in [0.717, 1.165) is 23.1 Å². The Kier molecular flexibility index (Phi) is 3.48. The van der Waals surface area contributed by atoms with Gasteiger partial charge in [0.25, 0.3) is 0 Å². The van der Waals surface area contributed by atoms with Crippen LogP contribution in [0, 0.1) is 0 Å². The highest BCUT2D eigenvalue weighted by Gasteiger charge is 2.15. The number of benzene rings is 1. The highest BCUT2D eigenvalue weighted by molar-refractivity contribution is 9.10. The fraction of sp³-hybridized carbons (Fsp3) is 0.357. The third-order valence-electron chi connectivity index (χ3n) is 3.38. The first-order chi connectivity index (χ1) is 8.83. The molecule has 2 heterocycles. The molecule has 1 aliphatic rings. The number of para-hydroxylation sites is 1. The average Bonchev–Trinajstić information content (AvgIpc) is 3.02. The van der Waals surface area contributed by atoms with Crippen LogP contribution < -0.4 is 5.32 Å². The fourth-order valence-electron chi connectivity index (χ4n) is 2.45. The zero-order valence-electron chi connectivity index (χ0n) is 10.1.